The summed E-state index contributed by atoms with van der Waals surface area (Å²) in [7, 11) is 1.58. The van der Waals surface area contributed by atoms with E-state index >= 15 is 0 Å². The summed E-state index contributed by atoms with van der Waals surface area (Å²) in [6, 6.07) is 5.20. The number of hydrogen-bond acceptors (Lipinski definition) is 6. The van der Waals surface area contributed by atoms with E-state index in [0.29, 0.717) is 18.2 Å². The SMILES string of the molecule is CCNC(=O)Nc1cc(-c2nc(-c3ccc(OC)nc3)cs2)c(Br)cn1. The van der Waals surface area contributed by atoms with Gasteiger partial charge in [0.15, 0.2) is 0 Å². The highest BCUT2D eigenvalue weighted by Gasteiger charge is 2.13. The number of rotatable bonds is 5. The van der Waals surface area contributed by atoms with Gasteiger partial charge in [0.25, 0.3) is 0 Å². The zero-order valence-corrected chi connectivity index (χ0v) is 16.5. The van der Waals surface area contributed by atoms with Gasteiger partial charge >= 0.3 is 6.03 Å². The van der Waals surface area contributed by atoms with Crippen LogP contribution in [0.2, 0.25) is 0 Å². The number of amides is 2. The van der Waals surface area contributed by atoms with E-state index in [2.05, 4.69) is 41.5 Å². The summed E-state index contributed by atoms with van der Waals surface area (Å²) in [4.78, 5) is 24.8. The fourth-order valence-electron chi connectivity index (χ4n) is 2.17. The van der Waals surface area contributed by atoms with Crippen molar-refractivity contribution in [1.29, 1.82) is 0 Å². The first kappa shape index (κ1) is 18.3. The Morgan fingerprint density at radius 3 is 2.85 bits per heavy atom. The summed E-state index contributed by atoms with van der Waals surface area (Å²) in [5.74, 6) is 1.01. The van der Waals surface area contributed by atoms with Gasteiger partial charge in [-0.1, -0.05) is 0 Å². The van der Waals surface area contributed by atoms with Crippen molar-refractivity contribution in [2.24, 2.45) is 0 Å². The number of anilines is 1. The maximum atomic E-state index is 11.7. The van der Waals surface area contributed by atoms with E-state index in [0.717, 1.165) is 26.3 Å². The summed E-state index contributed by atoms with van der Waals surface area (Å²) in [6.07, 6.45) is 3.37. The Bertz CT molecular complexity index is 914. The van der Waals surface area contributed by atoms with Gasteiger partial charge < -0.3 is 10.1 Å². The molecule has 0 bridgehead atoms. The molecule has 2 N–H and O–H groups in total. The molecule has 0 aliphatic carbocycles. The molecule has 134 valence electrons. The normalized spacial score (nSPS) is 10.4. The van der Waals surface area contributed by atoms with Gasteiger partial charge in [-0.25, -0.2) is 19.7 Å². The predicted octanol–water partition coefficient (Wildman–Crippen LogP) is 4.18. The van der Waals surface area contributed by atoms with Gasteiger partial charge in [-0.3, -0.25) is 5.32 Å². The van der Waals surface area contributed by atoms with E-state index in [1.807, 2.05) is 18.4 Å². The molecule has 0 unspecified atom stereocenters. The van der Waals surface area contributed by atoms with Crippen molar-refractivity contribution >= 4 is 39.1 Å². The smallest absolute Gasteiger partial charge is 0.320 e. The molecule has 0 fully saturated rings. The van der Waals surface area contributed by atoms with E-state index in [4.69, 9.17) is 4.74 Å². The highest BCUT2D eigenvalue weighted by atomic mass is 79.9. The van der Waals surface area contributed by atoms with Crippen molar-refractivity contribution < 1.29 is 9.53 Å². The number of nitrogens with zero attached hydrogens (tertiary/aromatic N) is 3. The molecular weight excluding hydrogens is 418 g/mol. The fraction of sp³-hybridized carbons (Fsp3) is 0.176. The summed E-state index contributed by atoms with van der Waals surface area (Å²) in [6.45, 7) is 2.39. The molecule has 0 aliphatic rings. The third-order valence-corrected chi connectivity index (χ3v) is 4.92. The first-order chi connectivity index (χ1) is 12.6. The van der Waals surface area contributed by atoms with E-state index in [1.165, 1.54) is 11.3 Å². The van der Waals surface area contributed by atoms with Gasteiger partial charge in [0, 0.05) is 46.0 Å². The van der Waals surface area contributed by atoms with Crippen molar-refractivity contribution in [3.05, 3.63) is 40.4 Å². The molecule has 9 heteroatoms. The minimum atomic E-state index is -0.294. The quantitative estimate of drug-likeness (QED) is 0.629. The maximum Gasteiger partial charge on any atom is 0.320 e. The van der Waals surface area contributed by atoms with Gasteiger partial charge in [-0.2, -0.15) is 0 Å². The lowest BCUT2D eigenvalue weighted by molar-refractivity contribution is 0.252. The van der Waals surface area contributed by atoms with Crippen molar-refractivity contribution in [1.82, 2.24) is 20.3 Å². The van der Waals surface area contributed by atoms with Gasteiger partial charge in [0.2, 0.25) is 5.88 Å². The first-order valence-electron chi connectivity index (χ1n) is 7.77. The minimum absolute atomic E-state index is 0.294. The number of nitrogens with one attached hydrogen (secondary N) is 2. The highest BCUT2D eigenvalue weighted by molar-refractivity contribution is 9.10. The van der Waals surface area contributed by atoms with E-state index in [1.54, 1.807) is 31.6 Å². The highest BCUT2D eigenvalue weighted by Crippen LogP contribution is 2.34. The van der Waals surface area contributed by atoms with E-state index < -0.39 is 0 Å². The Balaban J connectivity index is 1.87. The summed E-state index contributed by atoms with van der Waals surface area (Å²) >= 11 is 5.00. The zero-order chi connectivity index (χ0) is 18.5. The number of hydrogen-bond donors (Lipinski definition) is 2. The number of urea groups is 1. The number of carbonyl (C=O) groups excluding carboxylic acids is 1. The van der Waals surface area contributed by atoms with E-state index in [-0.39, 0.29) is 6.03 Å². The second-order valence-corrected chi connectivity index (χ2v) is 6.87. The average molecular weight is 434 g/mol. The van der Waals surface area contributed by atoms with Crippen LogP contribution in [-0.2, 0) is 0 Å². The molecule has 0 aromatic carbocycles. The average Bonchev–Trinajstić information content (AvgIpc) is 3.13. The summed E-state index contributed by atoms with van der Waals surface area (Å²) in [5, 5.41) is 8.14. The largest absolute Gasteiger partial charge is 0.481 e. The second kappa shape index (κ2) is 8.24. The van der Waals surface area contributed by atoms with Crippen LogP contribution in [-0.4, -0.2) is 34.6 Å². The standard InChI is InChI=1S/C17H16BrN5O2S/c1-3-19-17(24)23-14-6-11(12(18)8-20-14)16-22-13(9-26-16)10-4-5-15(25-2)21-7-10/h4-9H,3H2,1-2H3,(H2,19,20,23,24). The van der Waals surface area contributed by atoms with Crippen molar-refractivity contribution in [2.45, 2.75) is 6.92 Å². The lowest BCUT2D eigenvalue weighted by atomic mass is 10.2. The molecule has 0 spiro atoms. The molecule has 0 aliphatic heterocycles. The Morgan fingerprint density at radius 1 is 1.31 bits per heavy atom. The Labute approximate surface area is 163 Å². The predicted molar refractivity (Wildman–Crippen MR) is 106 cm³/mol. The number of methoxy groups -OCH3 is 1. The molecule has 0 radical (unpaired) electrons. The number of halogens is 1. The molecule has 2 amide bonds. The molecule has 26 heavy (non-hydrogen) atoms. The van der Waals surface area contributed by atoms with Crippen LogP contribution >= 0.6 is 27.3 Å². The summed E-state index contributed by atoms with van der Waals surface area (Å²) < 4.78 is 5.87. The van der Waals surface area contributed by atoms with Crippen LogP contribution in [0.3, 0.4) is 0 Å². The second-order valence-electron chi connectivity index (χ2n) is 5.16. The van der Waals surface area contributed by atoms with Crippen LogP contribution in [0.25, 0.3) is 21.8 Å². The first-order valence-corrected chi connectivity index (χ1v) is 9.44. The number of aromatic nitrogens is 3. The van der Waals surface area contributed by atoms with Crippen LogP contribution in [0.15, 0.2) is 40.4 Å². The monoisotopic (exact) mass is 433 g/mol. The number of carbonyl (C=O) groups is 1. The molecule has 3 aromatic heterocycles. The maximum absolute atomic E-state index is 11.7. The van der Waals surface area contributed by atoms with Crippen molar-refractivity contribution in [2.75, 3.05) is 19.0 Å². The molecule has 3 aromatic rings. The lowest BCUT2D eigenvalue weighted by Crippen LogP contribution is -2.28. The molecule has 3 rings (SSSR count). The third-order valence-electron chi connectivity index (χ3n) is 3.41. The third kappa shape index (κ3) is 4.17. The Morgan fingerprint density at radius 2 is 2.15 bits per heavy atom. The van der Waals surface area contributed by atoms with Crippen LogP contribution in [0.5, 0.6) is 5.88 Å². The van der Waals surface area contributed by atoms with Gasteiger partial charge in [0.05, 0.1) is 12.8 Å². The van der Waals surface area contributed by atoms with Crippen LogP contribution in [0.1, 0.15) is 6.92 Å². The lowest BCUT2D eigenvalue weighted by Gasteiger charge is -2.07. The molecule has 7 nitrogen and oxygen atoms in total. The van der Waals surface area contributed by atoms with Crippen molar-refractivity contribution in [3.63, 3.8) is 0 Å². The Kier molecular flexibility index (Phi) is 5.79. The van der Waals surface area contributed by atoms with Crippen LogP contribution in [0, 0.1) is 0 Å². The number of pyridine rings is 2. The molecule has 0 atom stereocenters. The molecule has 0 saturated carbocycles. The Hall–Kier alpha value is -2.52. The van der Waals surface area contributed by atoms with Gasteiger partial charge in [-0.05, 0) is 35.0 Å². The molecular formula is C17H16BrN5O2S. The van der Waals surface area contributed by atoms with E-state index in [9.17, 15) is 4.79 Å². The minimum Gasteiger partial charge on any atom is -0.481 e. The number of thiazole rings is 1. The van der Waals surface area contributed by atoms with Gasteiger partial charge in [0.1, 0.15) is 10.8 Å². The fourth-order valence-corrected chi connectivity index (χ4v) is 3.57. The summed E-state index contributed by atoms with van der Waals surface area (Å²) in [5.41, 5.74) is 2.57. The van der Waals surface area contributed by atoms with Crippen LogP contribution < -0.4 is 15.4 Å². The zero-order valence-electron chi connectivity index (χ0n) is 14.1. The van der Waals surface area contributed by atoms with Gasteiger partial charge in [-0.15, -0.1) is 11.3 Å². The molecule has 0 saturated heterocycles. The number of ether oxygens (including phenoxy) is 1. The molecule has 3 heterocycles. The van der Waals surface area contributed by atoms with Crippen LogP contribution in [0.4, 0.5) is 10.6 Å². The van der Waals surface area contributed by atoms with Crippen molar-refractivity contribution in [3.8, 4) is 27.7 Å². The topological polar surface area (TPSA) is 89.0 Å².